The first kappa shape index (κ1) is 13.8. The second-order valence-electron chi connectivity index (χ2n) is 6.17. The molecule has 2 rings (SSSR count). The molecule has 2 heterocycles. The molecule has 0 radical (unpaired) electrons. The van der Waals surface area contributed by atoms with Gasteiger partial charge in [-0.1, -0.05) is 0 Å². The van der Waals surface area contributed by atoms with Crippen molar-refractivity contribution >= 4 is 11.7 Å². The molecule has 0 spiro atoms. The summed E-state index contributed by atoms with van der Waals surface area (Å²) in [4.78, 5) is 20.9. The highest BCUT2D eigenvalue weighted by Crippen LogP contribution is 2.34. The van der Waals surface area contributed by atoms with Gasteiger partial charge in [-0.2, -0.15) is 0 Å². The normalized spacial score (nSPS) is 21.5. The number of hydrogen-bond acceptors (Lipinski definition) is 3. The first-order chi connectivity index (χ1) is 8.83. The number of nitrogens with zero attached hydrogens (tertiary/aromatic N) is 3. The molecule has 19 heavy (non-hydrogen) atoms. The highest BCUT2D eigenvalue weighted by Gasteiger charge is 2.40. The summed E-state index contributed by atoms with van der Waals surface area (Å²) in [6.07, 6.45) is 3.84. The fraction of sp³-hybridized carbons (Fsp3) is 0.600. The fourth-order valence-corrected chi connectivity index (χ4v) is 2.82. The summed E-state index contributed by atoms with van der Waals surface area (Å²) in [5.74, 6) is 0.927. The van der Waals surface area contributed by atoms with Crippen molar-refractivity contribution < 1.29 is 4.79 Å². The number of amides is 1. The minimum absolute atomic E-state index is 0.0575. The Hall–Kier alpha value is -1.58. The molecule has 1 aliphatic rings. The van der Waals surface area contributed by atoms with Crippen LogP contribution in [0.25, 0.3) is 0 Å². The predicted molar refractivity (Wildman–Crippen MR) is 77.5 cm³/mol. The summed E-state index contributed by atoms with van der Waals surface area (Å²) < 4.78 is 0. The quantitative estimate of drug-likeness (QED) is 0.821. The lowest BCUT2D eigenvalue weighted by molar-refractivity contribution is 0.0578. The van der Waals surface area contributed by atoms with Crippen LogP contribution in [0.3, 0.4) is 0 Å². The Morgan fingerprint density at radius 2 is 2.16 bits per heavy atom. The average Bonchev–Trinajstić information content (AvgIpc) is 2.63. The van der Waals surface area contributed by atoms with E-state index in [4.69, 9.17) is 0 Å². The highest BCUT2D eigenvalue weighted by molar-refractivity contribution is 5.95. The van der Waals surface area contributed by atoms with Gasteiger partial charge in [-0.05, 0) is 45.7 Å². The van der Waals surface area contributed by atoms with Crippen LogP contribution in [0.1, 0.15) is 44.0 Å². The summed E-state index contributed by atoms with van der Waals surface area (Å²) in [5.41, 5.74) is 0.665. The lowest BCUT2D eigenvalue weighted by Crippen LogP contribution is -2.46. The molecular formula is C15H23N3O. The largest absolute Gasteiger partial charge is 0.363 e. The number of pyridine rings is 1. The molecule has 0 bridgehead atoms. The molecule has 1 saturated heterocycles. The van der Waals surface area contributed by atoms with Crippen LogP contribution in [0.4, 0.5) is 5.82 Å². The van der Waals surface area contributed by atoms with Crippen LogP contribution < -0.4 is 4.90 Å². The van der Waals surface area contributed by atoms with Gasteiger partial charge in [-0.15, -0.1) is 0 Å². The number of hydrogen-bond donors (Lipinski definition) is 0. The molecule has 1 unspecified atom stereocenters. The molecule has 0 saturated carbocycles. The van der Waals surface area contributed by atoms with Crippen molar-refractivity contribution in [1.82, 2.24) is 9.88 Å². The number of carbonyl (C=O) groups excluding carboxylic acids is 1. The zero-order valence-electron chi connectivity index (χ0n) is 12.5. The number of rotatable bonds is 2. The van der Waals surface area contributed by atoms with Gasteiger partial charge in [0.05, 0.1) is 0 Å². The monoisotopic (exact) mass is 261 g/mol. The molecule has 0 aromatic carbocycles. The maximum atomic E-state index is 12.7. The van der Waals surface area contributed by atoms with Gasteiger partial charge in [0.1, 0.15) is 5.82 Å². The molecule has 4 nitrogen and oxygen atoms in total. The van der Waals surface area contributed by atoms with E-state index in [0.29, 0.717) is 6.04 Å². The van der Waals surface area contributed by atoms with Crippen LogP contribution in [0, 0.1) is 0 Å². The maximum Gasteiger partial charge on any atom is 0.254 e. The van der Waals surface area contributed by atoms with Crippen LogP contribution in [0.15, 0.2) is 18.3 Å². The first-order valence-electron chi connectivity index (χ1n) is 6.80. The zero-order chi connectivity index (χ0) is 14.2. The standard InChI is InChI=1S/C15H23N3O/c1-11-6-8-15(2,3)18(11)14(19)12-7-9-16-13(10-12)17(4)5/h7,9-11H,6,8H2,1-5H3. The Labute approximate surface area is 115 Å². The van der Waals surface area contributed by atoms with Crippen molar-refractivity contribution in [3.63, 3.8) is 0 Å². The summed E-state index contributed by atoms with van der Waals surface area (Å²) in [6, 6.07) is 3.97. The Morgan fingerprint density at radius 1 is 1.47 bits per heavy atom. The van der Waals surface area contributed by atoms with Gasteiger partial charge in [0.25, 0.3) is 5.91 Å². The highest BCUT2D eigenvalue weighted by atomic mass is 16.2. The Morgan fingerprint density at radius 3 is 2.68 bits per heavy atom. The minimum Gasteiger partial charge on any atom is -0.363 e. The van der Waals surface area contributed by atoms with E-state index in [9.17, 15) is 4.79 Å². The molecule has 4 heteroatoms. The molecule has 1 amide bonds. The van der Waals surface area contributed by atoms with Crippen LogP contribution in [-0.2, 0) is 0 Å². The second-order valence-corrected chi connectivity index (χ2v) is 6.17. The van der Waals surface area contributed by atoms with E-state index in [0.717, 1.165) is 24.2 Å². The molecule has 1 fully saturated rings. The van der Waals surface area contributed by atoms with Gasteiger partial charge in [0.15, 0.2) is 0 Å². The lowest BCUT2D eigenvalue weighted by Gasteiger charge is -2.35. The predicted octanol–water partition coefficient (Wildman–Crippen LogP) is 2.55. The maximum absolute atomic E-state index is 12.7. The van der Waals surface area contributed by atoms with E-state index in [1.54, 1.807) is 12.3 Å². The second kappa shape index (κ2) is 4.83. The topological polar surface area (TPSA) is 36.4 Å². The average molecular weight is 261 g/mol. The third-order valence-corrected chi connectivity index (χ3v) is 3.94. The molecule has 0 N–H and O–H groups in total. The molecule has 1 aromatic rings. The summed E-state index contributed by atoms with van der Waals surface area (Å²) in [6.45, 7) is 6.41. The summed E-state index contributed by atoms with van der Waals surface area (Å²) in [7, 11) is 3.86. The van der Waals surface area contributed by atoms with E-state index < -0.39 is 0 Å². The van der Waals surface area contributed by atoms with Crippen molar-refractivity contribution in [3.8, 4) is 0 Å². The molecule has 0 aliphatic carbocycles. The van der Waals surface area contributed by atoms with Crippen molar-refractivity contribution in [2.24, 2.45) is 0 Å². The third-order valence-electron chi connectivity index (χ3n) is 3.94. The Balaban J connectivity index is 2.31. The van der Waals surface area contributed by atoms with Crippen LogP contribution in [0.2, 0.25) is 0 Å². The number of aromatic nitrogens is 1. The van der Waals surface area contributed by atoms with Gasteiger partial charge in [0.2, 0.25) is 0 Å². The third kappa shape index (κ3) is 2.57. The minimum atomic E-state index is -0.0575. The molecule has 1 aromatic heterocycles. The fourth-order valence-electron chi connectivity index (χ4n) is 2.82. The lowest BCUT2D eigenvalue weighted by atomic mass is 10.0. The van der Waals surface area contributed by atoms with Crippen molar-refractivity contribution in [3.05, 3.63) is 23.9 Å². The first-order valence-corrected chi connectivity index (χ1v) is 6.80. The van der Waals surface area contributed by atoms with Gasteiger partial charge in [-0.25, -0.2) is 4.98 Å². The molecule has 1 aliphatic heterocycles. The molecule has 104 valence electrons. The van der Waals surface area contributed by atoms with Crippen LogP contribution in [0.5, 0.6) is 0 Å². The van der Waals surface area contributed by atoms with Crippen molar-refractivity contribution in [2.75, 3.05) is 19.0 Å². The smallest absolute Gasteiger partial charge is 0.254 e. The van der Waals surface area contributed by atoms with Gasteiger partial charge < -0.3 is 9.80 Å². The SMILES string of the molecule is CC1CCC(C)(C)N1C(=O)c1ccnc(N(C)C)c1. The van der Waals surface area contributed by atoms with E-state index in [-0.39, 0.29) is 11.4 Å². The van der Waals surface area contributed by atoms with Gasteiger partial charge in [0, 0.05) is 37.4 Å². The van der Waals surface area contributed by atoms with E-state index in [1.165, 1.54) is 0 Å². The van der Waals surface area contributed by atoms with Gasteiger partial charge in [-0.3, -0.25) is 4.79 Å². The number of carbonyl (C=O) groups is 1. The van der Waals surface area contributed by atoms with E-state index >= 15 is 0 Å². The summed E-state index contributed by atoms with van der Waals surface area (Å²) in [5, 5.41) is 0. The molecule has 1 atom stereocenters. The summed E-state index contributed by atoms with van der Waals surface area (Å²) >= 11 is 0. The van der Waals surface area contributed by atoms with Crippen molar-refractivity contribution in [1.29, 1.82) is 0 Å². The zero-order valence-corrected chi connectivity index (χ0v) is 12.5. The van der Waals surface area contributed by atoms with Crippen molar-refractivity contribution in [2.45, 2.75) is 45.2 Å². The van der Waals surface area contributed by atoms with E-state index in [2.05, 4.69) is 25.8 Å². The van der Waals surface area contributed by atoms with Crippen LogP contribution in [-0.4, -0.2) is 41.5 Å². The Bertz CT molecular complexity index is 482. The van der Waals surface area contributed by atoms with Gasteiger partial charge >= 0.3 is 0 Å². The molecular weight excluding hydrogens is 238 g/mol. The number of anilines is 1. The Kier molecular flexibility index (Phi) is 3.52. The van der Waals surface area contributed by atoms with Crippen LogP contribution >= 0.6 is 0 Å². The number of likely N-dealkylation sites (tertiary alicyclic amines) is 1. The van der Waals surface area contributed by atoms with E-state index in [1.807, 2.05) is 30.0 Å².